The Bertz CT molecular complexity index is 684. The molecule has 128 valence electrons. The Balaban J connectivity index is 1.64. The van der Waals surface area contributed by atoms with Gasteiger partial charge in [0.05, 0.1) is 24.5 Å². The lowest BCUT2D eigenvalue weighted by Crippen LogP contribution is -2.43. The van der Waals surface area contributed by atoms with Crippen molar-refractivity contribution >= 4 is 5.91 Å². The zero-order valence-corrected chi connectivity index (χ0v) is 14.1. The van der Waals surface area contributed by atoms with E-state index in [0.29, 0.717) is 25.5 Å². The third-order valence-corrected chi connectivity index (χ3v) is 4.25. The summed E-state index contributed by atoms with van der Waals surface area (Å²) in [6, 6.07) is 9.32. The number of imidazole rings is 1. The molecule has 1 aliphatic heterocycles. The SMILES string of the molecule is CCOCc1cnc2n1CCN(C(=O)COc1ccccc1)C2C. The van der Waals surface area contributed by atoms with Crippen LogP contribution in [-0.2, 0) is 22.7 Å². The van der Waals surface area contributed by atoms with Crippen molar-refractivity contribution in [3.8, 4) is 5.75 Å². The number of benzene rings is 1. The van der Waals surface area contributed by atoms with Gasteiger partial charge in [0, 0.05) is 19.7 Å². The molecule has 0 fully saturated rings. The molecule has 3 rings (SSSR count). The number of ether oxygens (including phenoxy) is 2. The summed E-state index contributed by atoms with van der Waals surface area (Å²) in [5.74, 6) is 1.59. The normalized spacial score (nSPS) is 16.8. The number of carbonyl (C=O) groups is 1. The number of para-hydroxylation sites is 1. The van der Waals surface area contributed by atoms with Crippen LogP contribution in [0.4, 0.5) is 0 Å². The van der Waals surface area contributed by atoms with Crippen molar-refractivity contribution in [2.75, 3.05) is 19.8 Å². The zero-order valence-electron chi connectivity index (χ0n) is 14.1. The molecule has 1 aromatic carbocycles. The molecule has 6 nitrogen and oxygen atoms in total. The van der Waals surface area contributed by atoms with Gasteiger partial charge in [0.1, 0.15) is 11.6 Å². The highest BCUT2D eigenvalue weighted by atomic mass is 16.5. The van der Waals surface area contributed by atoms with E-state index >= 15 is 0 Å². The first-order chi connectivity index (χ1) is 11.7. The van der Waals surface area contributed by atoms with Gasteiger partial charge in [-0.05, 0) is 26.0 Å². The lowest BCUT2D eigenvalue weighted by atomic mass is 10.2. The highest BCUT2D eigenvalue weighted by Gasteiger charge is 2.30. The molecule has 2 aromatic rings. The Morgan fingerprint density at radius 1 is 1.29 bits per heavy atom. The van der Waals surface area contributed by atoms with Crippen LogP contribution in [-0.4, -0.2) is 40.1 Å². The molecule has 0 saturated heterocycles. The lowest BCUT2D eigenvalue weighted by molar-refractivity contribution is -0.136. The van der Waals surface area contributed by atoms with E-state index < -0.39 is 0 Å². The molecule has 1 aliphatic rings. The van der Waals surface area contributed by atoms with Gasteiger partial charge < -0.3 is 18.9 Å². The fourth-order valence-electron chi connectivity index (χ4n) is 2.97. The van der Waals surface area contributed by atoms with E-state index in [-0.39, 0.29) is 18.6 Å². The molecule has 6 heteroatoms. The molecule has 0 spiro atoms. The molecule has 1 amide bonds. The highest BCUT2D eigenvalue weighted by molar-refractivity contribution is 5.78. The molecule has 1 unspecified atom stereocenters. The van der Waals surface area contributed by atoms with Crippen LogP contribution in [0, 0.1) is 0 Å². The van der Waals surface area contributed by atoms with E-state index in [9.17, 15) is 4.79 Å². The van der Waals surface area contributed by atoms with Crippen LogP contribution in [0.25, 0.3) is 0 Å². The second kappa shape index (κ2) is 7.49. The van der Waals surface area contributed by atoms with Crippen LogP contribution < -0.4 is 4.74 Å². The first-order valence-electron chi connectivity index (χ1n) is 8.30. The summed E-state index contributed by atoms with van der Waals surface area (Å²) in [6.07, 6.45) is 1.84. The molecule has 2 heterocycles. The van der Waals surface area contributed by atoms with E-state index in [2.05, 4.69) is 9.55 Å². The van der Waals surface area contributed by atoms with Gasteiger partial charge in [-0.2, -0.15) is 0 Å². The Hall–Kier alpha value is -2.34. The number of hydrogen-bond acceptors (Lipinski definition) is 4. The number of nitrogens with zero attached hydrogens (tertiary/aromatic N) is 3. The van der Waals surface area contributed by atoms with Crippen molar-refractivity contribution < 1.29 is 14.3 Å². The molecule has 0 saturated carbocycles. The van der Waals surface area contributed by atoms with Gasteiger partial charge in [-0.15, -0.1) is 0 Å². The maximum absolute atomic E-state index is 12.5. The van der Waals surface area contributed by atoms with Crippen LogP contribution in [0.15, 0.2) is 36.5 Å². The maximum atomic E-state index is 12.5. The average Bonchev–Trinajstić information content (AvgIpc) is 3.03. The third kappa shape index (κ3) is 3.43. The van der Waals surface area contributed by atoms with E-state index in [1.165, 1.54) is 0 Å². The fraction of sp³-hybridized carbons (Fsp3) is 0.444. The standard InChI is InChI=1S/C18H23N3O3/c1-3-23-12-15-11-19-18-14(2)20(9-10-21(15)18)17(22)13-24-16-7-5-4-6-8-16/h4-8,11,14H,3,9-10,12-13H2,1-2H3. The molecule has 1 atom stereocenters. The van der Waals surface area contributed by atoms with Crippen molar-refractivity contribution in [3.63, 3.8) is 0 Å². The first-order valence-corrected chi connectivity index (χ1v) is 8.30. The van der Waals surface area contributed by atoms with Crippen LogP contribution in [0.5, 0.6) is 5.75 Å². The average molecular weight is 329 g/mol. The van der Waals surface area contributed by atoms with Crippen molar-refractivity contribution in [1.29, 1.82) is 0 Å². The van der Waals surface area contributed by atoms with Crippen LogP contribution in [0.2, 0.25) is 0 Å². The molecule has 24 heavy (non-hydrogen) atoms. The van der Waals surface area contributed by atoms with E-state index in [1.54, 1.807) is 0 Å². The predicted octanol–water partition coefficient (Wildman–Crippen LogP) is 2.40. The number of carbonyl (C=O) groups excluding carboxylic acids is 1. The molecule has 0 aliphatic carbocycles. The maximum Gasteiger partial charge on any atom is 0.261 e. The van der Waals surface area contributed by atoms with E-state index in [0.717, 1.165) is 18.1 Å². The van der Waals surface area contributed by atoms with Crippen molar-refractivity contribution in [2.24, 2.45) is 0 Å². The number of rotatable bonds is 6. The summed E-state index contributed by atoms with van der Waals surface area (Å²) in [6.45, 7) is 6.64. The molecule has 0 radical (unpaired) electrons. The summed E-state index contributed by atoms with van der Waals surface area (Å²) >= 11 is 0. The number of hydrogen-bond donors (Lipinski definition) is 0. The Labute approximate surface area is 142 Å². The van der Waals surface area contributed by atoms with Gasteiger partial charge in [-0.3, -0.25) is 4.79 Å². The molecule has 0 N–H and O–H groups in total. The molecule has 1 aromatic heterocycles. The topological polar surface area (TPSA) is 56.6 Å². The first kappa shape index (κ1) is 16.5. The zero-order chi connectivity index (χ0) is 16.9. The number of fused-ring (bicyclic) bond motifs is 1. The highest BCUT2D eigenvalue weighted by Crippen LogP contribution is 2.25. The van der Waals surface area contributed by atoms with Crippen LogP contribution in [0.1, 0.15) is 31.4 Å². The van der Waals surface area contributed by atoms with Crippen LogP contribution >= 0.6 is 0 Å². The van der Waals surface area contributed by atoms with Crippen molar-refractivity contribution in [2.45, 2.75) is 33.0 Å². The second-order valence-electron chi connectivity index (χ2n) is 5.76. The smallest absolute Gasteiger partial charge is 0.261 e. The minimum absolute atomic E-state index is 0.0213. The monoisotopic (exact) mass is 329 g/mol. The Kier molecular flexibility index (Phi) is 5.15. The summed E-state index contributed by atoms with van der Waals surface area (Å²) in [7, 11) is 0. The van der Waals surface area contributed by atoms with Crippen molar-refractivity contribution in [3.05, 3.63) is 48.0 Å². The van der Waals surface area contributed by atoms with Crippen LogP contribution in [0.3, 0.4) is 0 Å². The summed E-state index contributed by atoms with van der Waals surface area (Å²) in [4.78, 5) is 18.8. The summed E-state index contributed by atoms with van der Waals surface area (Å²) < 4.78 is 13.2. The fourth-order valence-corrected chi connectivity index (χ4v) is 2.97. The minimum Gasteiger partial charge on any atom is -0.484 e. The summed E-state index contributed by atoms with van der Waals surface area (Å²) in [5.41, 5.74) is 1.06. The second-order valence-corrected chi connectivity index (χ2v) is 5.76. The number of aromatic nitrogens is 2. The molecular formula is C18H23N3O3. The van der Waals surface area contributed by atoms with E-state index in [1.807, 2.05) is 55.3 Å². The third-order valence-electron chi connectivity index (χ3n) is 4.25. The largest absolute Gasteiger partial charge is 0.484 e. The number of amides is 1. The van der Waals surface area contributed by atoms with E-state index in [4.69, 9.17) is 9.47 Å². The quantitative estimate of drug-likeness (QED) is 0.816. The Morgan fingerprint density at radius 3 is 2.83 bits per heavy atom. The van der Waals surface area contributed by atoms with Gasteiger partial charge in [-0.25, -0.2) is 4.98 Å². The van der Waals surface area contributed by atoms with Gasteiger partial charge >= 0.3 is 0 Å². The van der Waals surface area contributed by atoms with Crippen molar-refractivity contribution in [1.82, 2.24) is 14.5 Å². The lowest BCUT2D eigenvalue weighted by Gasteiger charge is -2.34. The van der Waals surface area contributed by atoms with Gasteiger partial charge in [0.15, 0.2) is 6.61 Å². The molecular weight excluding hydrogens is 306 g/mol. The molecule has 0 bridgehead atoms. The summed E-state index contributed by atoms with van der Waals surface area (Å²) in [5, 5.41) is 0. The Morgan fingerprint density at radius 2 is 2.08 bits per heavy atom. The van der Waals surface area contributed by atoms with Gasteiger partial charge in [0.2, 0.25) is 0 Å². The minimum atomic E-state index is -0.0685. The van der Waals surface area contributed by atoms with Gasteiger partial charge in [-0.1, -0.05) is 18.2 Å². The van der Waals surface area contributed by atoms with Gasteiger partial charge in [0.25, 0.3) is 5.91 Å². The predicted molar refractivity (Wildman–Crippen MR) is 89.6 cm³/mol.